The third-order valence-corrected chi connectivity index (χ3v) is 4.63. The Hall–Kier alpha value is -0.900. The lowest BCUT2D eigenvalue weighted by Gasteiger charge is -2.31. The van der Waals surface area contributed by atoms with E-state index in [1.54, 1.807) is 6.07 Å². The van der Waals surface area contributed by atoms with Gasteiger partial charge in [0.1, 0.15) is 0 Å². The topological polar surface area (TPSA) is 23.6 Å². The van der Waals surface area contributed by atoms with Gasteiger partial charge in [-0.25, -0.2) is 0 Å². The average Bonchev–Trinajstić information content (AvgIpc) is 2.48. The van der Waals surface area contributed by atoms with E-state index in [0.29, 0.717) is 17.0 Å². The zero-order valence-electron chi connectivity index (χ0n) is 13.0. The largest absolute Gasteiger partial charge is 0.306 e. The van der Waals surface area contributed by atoms with E-state index >= 15 is 0 Å². The normalized spacial score (nSPS) is 17.3. The maximum Gasteiger partial charge on any atom is 0.165 e. The summed E-state index contributed by atoms with van der Waals surface area (Å²) in [6.07, 6.45) is 3.06. The van der Waals surface area contributed by atoms with Gasteiger partial charge in [-0.1, -0.05) is 23.7 Å². The summed E-state index contributed by atoms with van der Waals surface area (Å²) >= 11 is 6.06. The molecule has 0 atom stereocenters. The zero-order chi connectivity index (χ0) is 15.2. The highest BCUT2D eigenvalue weighted by molar-refractivity contribution is 6.33. The molecule has 0 unspecified atom stereocenters. The van der Waals surface area contributed by atoms with Gasteiger partial charge in [0.25, 0.3) is 0 Å². The van der Waals surface area contributed by atoms with Crippen LogP contribution in [0.5, 0.6) is 0 Å². The van der Waals surface area contributed by atoms with Crippen LogP contribution in [0, 0.1) is 5.92 Å². The summed E-state index contributed by atoms with van der Waals surface area (Å²) in [7, 11) is 4.29. The molecule has 3 nitrogen and oxygen atoms in total. The molecule has 1 aromatic rings. The van der Waals surface area contributed by atoms with Crippen LogP contribution in [0.1, 0.15) is 29.6 Å². The summed E-state index contributed by atoms with van der Waals surface area (Å²) < 4.78 is 0. The Bertz CT molecular complexity index is 470. The van der Waals surface area contributed by atoms with Crippen LogP contribution in [0.2, 0.25) is 5.02 Å². The molecule has 0 N–H and O–H groups in total. The van der Waals surface area contributed by atoms with E-state index in [4.69, 9.17) is 11.6 Å². The van der Waals surface area contributed by atoms with Crippen LogP contribution in [0.3, 0.4) is 0 Å². The first-order valence-electron chi connectivity index (χ1n) is 7.71. The van der Waals surface area contributed by atoms with Gasteiger partial charge < -0.3 is 9.80 Å². The van der Waals surface area contributed by atoms with Gasteiger partial charge in [0.05, 0.1) is 5.02 Å². The first-order chi connectivity index (χ1) is 10.1. The monoisotopic (exact) mass is 308 g/mol. The molecule has 21 heavy (non-hydrogen) atoms. The summed E-state index contributed by atoms with van der Waals surface area (Å²) in [4.78, 5) is 16.9. The number of hydrogen-bond donors (Lipinski definition) is 0. The number of Topliss-reactive ketones (excluding diaryl/α,β-unsaturated/α-hetero) is 1. The van der Waals surface area contributed by atoms with Crippen molar-refractivity contribution in [3.8, 4) is 0 Å². The van der Waals surface area contributed by atoms with Crippen LogP contribution in [0.25, 0.3) is 0 Å². The summed E-state index contributed by atoms with van der Waals surface area (Å²) in [6.45, 7) is 4.27. The van der Waals surface area contributed by atoms with Gasteiger partial charge in [-0.3, -0.25) is 4.79 Å². The number of hydrogen-bond acceptors (Lipinski definition) is 3. The molecular weight excluding hydrogens is 284 g/mol. The minimum Gasteiger partial charge on any atom is -0.306 e. The molecule has 1 saturated heterocycles. The summed E-state index contributed by atoms with van der Waals surface area (Å²) in [5, 5.41) is 0.556. The Labute approximate surface area is 132 Å². The van der Waals surface area contributed by atoms with Crippen molar-refractivity contribution in [2.45, 2.75) is 19.3 Å². The molecule has 0 saturated carbocycles. The molecule has 1 fully saturated rings. The molecule has 1 heterocycles. The van der Waals surface area contributed by atoms with Crippen molar-refractivity contribution >= 4 is 17.4 Å². The lowest BCUT2D eigenvalue weighted by atomic mass is 9.96. The Balaban J connectivity index is 1.75. The number of halogens is 1. The van der Waals surface area contributed by atoms with Gasteiger partial charge in [0, 0.05) is 25.1 Å². The second kappa shape index (κ2) is 7.92. The van der Waals surface area contributed by atoms with Gasteiger partial charge >= 0.3 is 0 Å². The Morgan fingerprint density at radius 2 is 2.00 bits per heavy atom. The second-order valence-electron chi connectivity index (χ2n) is 6.16. The minimum atomic E-state index is 0.135. The molecule has 0 spiro atoms. The van der Waals surface area contributed by atoms with Crippen molar-refractivity contribution in [1.29, 1.82) is 0 Å². The molecule has 0 radical (unpaired) electrons. The fourth-order valence-corrected chi connectivity index (χ4v) is 3.13. The third-order valence-electron chi connectivity index (χ3n) is 4.30. The van der Waals surface area contributed by atoms with Crippen LogP contribution < -0.4 is 0 Å². The van der Waals surface area contributed by atoms with Crippen molar-refractivity contribution in [2.75, 3.05) is 40.3 Å². The number of piperidine rings is 1. The van der Waals surface area contributed by atoms with Crippen molar-refractivity contribution in [3.05, 3.63) is 34.9 Å². The Morgan fingerprint density at radius 3 is 2.67 bits per heavy atom. The van der Waals surface area contributed by atoms with Crippen molar-refractivity contribution in [2.24, 2.45) is 5.92 Å². The zero-order valence-corrected chi connectivity index (χ0v) is 13.8. The molecule has 116 valence electrons. The van der Waals surface area contributed by atoms with Gasteiger partial charge in [0.2, 0.25) is 0 Å². The van der Waals surface area contributed by atoms with Crippen molar-refractivity contribution in [3.63, 3.8) is 0 Å². The molecule has 0 aromatic heterocycles. The van der Waals surface area contributed by atoms with Crippen LogP contribution in [0.15, 0.2) is 24.3 Å². The molecule has 1 aliphatic heterocycles. The molecular formula is C17H25ClN2O. The number of rotatable bonds is 6. The molecule has 4 heteroatoms. The Kier molecular flexibility index (Phi) is 6.22. The lowest BCUT2D eigenvalue weighted by molar-refractivity contribution is 0.0961. The van der Waals surface area contributed by atoms with Crippen molar-refractivity contribution in [1.82, 2.24) is 9.80 Å². The van der Waals surface area contributed by atoms with E-state index in [1.807, 2.05) is 18.2 Å². The maximum atomic E-state index is 12.2. The SMILES string of the molecule is CN1CCC(CN(C)CCC(=O)c2ccccc2Cl)CC1. The van der Waals surface area contributed by atoms with Crippen LogP contribution in [-0.4, -0.2) is 55.9 Å². The highest BCUT2D eigenvalue weighted by Crippen LogP contribution is 2.18. The fraction of sp³-hybridized carbons (Fsp3) is 0.588. The number of carbonyl (C=O) groups excluding carboxylic acids is 1. The van der Waals surface area contributed by atoms with Crippen molar-refractivity contribution < 1.29 is 4.79 Å². The van der Waals surface area contributed by atoms with E-state index in [0.717, 1.165) is 19.0 Å². The molecule has 2 rings (SSSR count). The lowest BCUT2D eigenvalue weighted by Crippen LogP contribution is -2.36. The molecule has 0 bridgehead atoms. The van der Waals surface area contributed by atoms with Crippen LogP contribution in [-0.2, 0) is 0 Å². The first-order valence-corrected chi connectivity index (χ1v) is 8.09. The molecule has 0 aliphatic carbocycles. The number of benzene rings is 1. The minimum absolute atomic E-state index is 0.135. The standard InChI is InChI=1S/C17H25ClN2O/c1-19-10-7-14(8-11-19)13-20(2)12-9-17(21)15-5-3-4-6-16(15)18/h3-6,14H,7-13H2,1-2H3. The maximum absolute atomic E-state index is 12.2. The fourth-order valence-electron chi connectivity index (χ4n) is 2.89. The highest BCUT2D eigenvalue weighted by atomic mass is 35.5. The van der Waals surface area contributed by atoms with Crippen LogP contribution >= 0.6 is 11.6 Å². The van der Waals surface area contributed by atoms with E-state index in [-0.39, 0.29) is 5.78 Å². The Morgan fingerprint density at radius 1 is 1.33 bits per heavy atom. The van der Waals surface area contributed by atoms with E-state index < -0.39 is 0 Å². The van der Waals surface area contributed by atoms with Gasteiger partial charge in [-0.2, -0.15) is 0 Å². The van der Waals surface area contributed by atoms with Crippen LogP contribution in [0.4, 0.5) is 0 Å². The average molecular weight is 309 g/mol. The predicted molar refractivity (Wildman–Crippen MR) is 88.1 cm³/mol. The number of ketones is 1. The smallest absolute Gasteiger partial charge is 0.165 e. The summed E-state index contributed by atoms with van der Waals surface area (Å²) in [6, 6.07) is 7.30. The second-order valence-corrected chi connectivity index (χ2v) is 6.57. The predicted octanol–water partition coefficient (Wildman–Crippen LogP) is 3.19. The molecule has 1 aromatic carbocycles. The summed E-state index contributed by atoms with van der Waals surface area (Å²) in [5.41, 5.74) is 0.645. The number of carbonyl (C=O) groups is 1. The number of likely N-dealkylation sites (tertiary alicyclic amines) is 1. The first kappa shape index (κ1) is 16.5. The third kappa shape index (κ3) is 5.10. The molecule has 1 aliphatic rings. The van der Waals surface area contributed by atoms with Gasteiger partial charge in [-0.15, -0.1) is 0 Å². The quantitative estimate of drug-likeness (QED) is 0.754. The van der Waals surface area contributed by atoms with Gasteiger partial charge in [-0.05, 0) is 58.1 Å². The van der Waals surface area contributed by atoms with E-state index in [2.05, 4.69) is 23.9 Å². The van der Waals surface area contributed by atoms with Gasteiger partial charge in [0.15, 0.2) is 5.78 Å². The van der Waals surface area contributed by atoms with E-state index in [1.165, 1.54) is 25.9 Å². The summed E-state index contributed by atoms with van der Waals surface area (Å²) in [5.74, 6) is 0.900. The van der Waals surface area contributed by atoms with E-state index in [9.17, 15) is 4.79 Å². The highest BCUT2D eigenvalue weighted by Gasteiger charge is 2.18. The molecule has 0 amide bonds. The number of nitrogens with zero attached hydrogens (tertiary/aromatic N) is 2.